The Hall–Kier alpha value is -3.11. The SMILES string of the molecule is COC(=O)C1CC[C@@]2(C=C(c3cc(-n4cncc4C(F)(F)F)ccc3SC)CO2)[C@@H]1c1ccc(F)cc1. The Morgan fingerprint density at radius 1 is 1.22 bits per heavy atom. The van der Waals surface area contributed by atoms with E-state index in [0.29, 0.717) is 18.5 Å². The van der Waals surface area contributed by atoms with Crippen LogP contribution in [0.15, 0.2) is 66.0 Å². The normalized spacial score (nSPS) is 23.5. The summed E-state index contributed by atoms with van der Waals surface area (Å²) in [5, 5.41) is 0. The Bertz CT molecular complexity index is 1350. The average Bonchev–Trinajstić information content (AvgIpc) is 3.63. The summed E-state index contributed by atoms with van der Waals surface area (Å²) in [6.07, 6.45) is 2.35. The van der Waals surface area contributed by atoms with Crippen molar-refractivity contribution in [2.45, 2.75) is 35.4 Å². The second-order valence-electron chi connectivity index (χ2n) is 9.14. The fourth-order valence-electron chi connectivity index (χ4n) is 5.51. The van der Waals surface area contributed by atoms with Gasteiger partial charge in [0.05, 0.1) is 37.8 Å². The number of hydrogen-bond acceptors (Lipinski definition) is 5. The van der Waals surface area contributed by atoms with Gasteiger partial charge in [-0.1, -0.05) is 12.1 Å². The van der Waals surface area contributed by atoms with Crippen LogP contribution in [0.2, 0.25) is 0 Å². The lowest BCUT2D eigenvalue weighted by atomic mass is 9.79. The van der Waals surface area contributed by atoms with E-state index in [0.717, 1.165) is 38.7 Å². The van der Waals surface area contributed by atoms with Gasteiger partial charge in [-0.2, -0.15) is 13.2 Å². The smallest absolute Gasteiger partial charge is 0.433 e. The Morgan fingerprint density at radius 3 is 2.65 bits per heavy atom. The number of hydrogen-bond donors (Lipinski definition) is 0. The standard InChI is InChI=1S/C27H24F4N2O3S/c1-35-25(34)20-9-10-26(24(20)16-3-5-18(28)6-4-16)12-17(14-36-26)21-11-19(7-8-22(21)37-2)33-15-32-13-23(33)27(29,30)31/h3-8,11-13,15,20,24H,9-10,14H2,1-2H3/t20?,24-,26-/m1/s1. The molecule has 2 aliphatic rings. The minimum atomic E-state index is -4.55. The van der Waals surface area contributed by atoms with Gasteiger partial charge >= 0.3 is 12.1 Å². The second kappa shape index (κ2) is 9.64. The topological polar surface area (TPSA) is 53.4 Å². The number of aromatic nitrogens is 2. The van der Waals surface area contributed by atoms with E-state index in [2.05, 4.69) is 4.98 Å². The van der Waals surface area contributed by atoms with Gasteiger partial charge in [0.15, 0.2) is 0 Å². The predicted octanol–water partition coefficient (Wildman–Crippen LogP) is 6.27. The number of imidazole rings is 1. The van der Waals surface area contributed by atoms with Gasteiger partial charge in [0.1, 0.15) is 11.5 Å². The molecule has 2 aromatic carbocycles. The molecule has 1 unspecified atom stereocenters. The first kappa shape index (κ1) is 25.5. The van der Waals surface area contributed by atoms with E-state index in [9.17, 15) is 22.4 Å². The molecule has 1 aliphatic heterocycles. The summed E-state index contributed by atoms with van der Waals surface area (Å²) in [6.45, 7) is 0.221. The molecule has 37 heavy (non-hydrogen) atoms. The lowest BCUT2D eigenvalue weighted by Gasteiger charge is -2.31. The quantitative estimate of drug-likeness (QED) is 0.220. The highest BCUT2D eigenvalue weighted by Crippen LogP contribution is 2.54. The minimum Gasteiger partial charge on any atom is -0.469 e. The molecule has 5 nitrogen and oxygen atoms in total. The molecule has 1 fully saturated rings. The van der Waals surface area contributed by atoms with Crippen LogP contribution in [0.3, 0.4) is 0 Å². The van der Waals surface area contributed by atoms with Gasteiger partial charge in [0.25, 0.3) is 0 Å². The fourth-order valence-corrected chi connectivity index (χ4v) is 6.12. The molecule has 0 saturated heterocycles. The predicted molar refractivity (Wildman–Crippen MR) is 131 cm³/mol. The van der Waals surface area contributed by atoms with Crippen molar-refractivity contribution in [3.8, 4) is 5.69 Å². The van der Waals surface area contributed by atoms with Gasteiger partial charge in [-0.3, -0.25) is 9.36 Å². The molecule has 3 aromatic rings. The minimum absolute atomic E-state index is 0.221. The van der Waals surface area contributed by atoms with Crippen molar-refractivity contribution in [1.29, 1.82) is 0 Å². The Balaban J connectivity index is 1.58. The molecule has 1 aromatic heterocycles. The van der Waals surface area contributed by atoms with Gasteiger partial charge in [-0.25, -0.2) is 9.37 Å². The lowest BCUT2D eigenvalue weighted by Crippen LogP contribution is -2.34. The van der Waals surface area contributed by atoms with E-state index in [1.165, 1.54) is 31.0 Å². The van der Waals surface area contributed by atoms with E-state index in [1.807, 2.05) is 12.3 Å². The number of rotatable bonds is 5. The van der Waals surface area contributed by atoms with Crippen LogP contribution in [0.25, 0.3) is 11.3 Å². The van der Waals surface area contributed by atoms with Gasteiger partial charge < -0.3 is 9.47 Å². The molecule has 194 valence electrons. The summed E-state index contributed by atoms with van der Waals surface area (Å²) in [5.41, 5.74) is 0.966. The number of ether oxygens (including phenoxy) is 2. The van der Waals surface area contributed by atoms with Crippen molar-refractivity contribution in [3.05, 3.63) is 83.7 Å². The highest BCUT2D eigenvalue weighted by Gasteiger charge is 2.54. The molecular weight excluding hydrogens is 508 g/mol. The number of alkyl halides is 3. The molecule has 3 atom stereocenters. The number of benzene rings is 2. The van der Waals surface area contributed by atoms with Gasteiger partial charge in [-0.05, 0) is 72.2 Å². The van der Waals surface area contributed by atoms with Crippen LogP contribution in [0, 0.1) is 11.7 Å². The molecule has 0 bridgehead atoms. The van der Waals surface area contributed by atoms with Crippen LogP contribution in [-0.2, 0) is 20.4 Å². The highest BCUT2D eigenvalue weighted by atomic mass is 32.2. The molecule has 0 amide bonds. The molecular formula is C27H24F4N2O3S. The third-order valence-corrected chi connectivity index (χ3v) is 7.95. The third-order valence-electron chi connectivity index (χ3n) is 7.16. The van der Waals surface area contributed by atoms with E-state index in [4.69, 9.17) is 9.47 Å². The van der Waals surface area contributed by atoms with Crippen LogP contribution in [-0.4, -0.2) is 41.1 Å². The van der Waals surface area contributed by atoms with E-state index < -0.39 is 29.3 Å². The van der Waals surface area contributed by atoms with Crippen molar-refractivity contribution >= 4 is 23.3 Å². The highest BCUT2D eigenvalue weighted by molar-refractivity contribution is 7.98. The first-order valence-electron chi connectivity index (χ1n) is 11.6. The van der Waals surface area contributed by atoms with E-state index in [1.54, 1.807) is 30.3 Å². The van der Waals surface area contributed by atoms with Crippen LogP contribution >= 0.6 is 11.8 Å². The van der Waals surface area contributed by atoms with Crippen LogP contribution in [0.4, 0.5) is 17.6 Å². The van der Waals surface area contributed by atoms with Crippen molar-refractivity contribution < 1.29 is 31.8 Å². The maximum absolute atomic E-state index is 13.7. The maximum atomic E-state index is 13.7. The van der Waals surface area contributed by atoms with Crippen molar-refractivity contribution in [2.24, 2.45) is 5.92 Å². The average molecular weight is 533 g/mol. The molecule has 1 spiro atoms. The summed E-state index contributed by atoms with van der Waals surface area (Å²) in [6, 6.07) is 11.1. The zero-order chi connectivity index (χ0) is 26.4. The summed E-state index contributed by atoms with van der Waals surface area (Å²) in [7, 11) is 1.34. The first-order chi connectivity index (χ1) is 17.7. The van der Waals surface area contributed by atoms with Gasteiger partial charge in [-0.15, -0.1) is 11.8 Å². The molecule has 0 N–H and O–H groups in total. The number of thioether (sulfide) groups is 1. The molecule has 0 radical (unpaired) electrons. The second-order valence-corrected chi connectivity index (χ2v) is 9.99. The number of carbonyl (C=O) groups excluding carboxylic acids is 1. The summed E-state index contributed by atoms with van der Waals surface area (Å²) in [5.74, 6) is -1.61. The number of nitrogens with zero attached hydrogens (tertiary/aromatic N) is 2. The zero-order valence-electron chi connectivity index (χ0n) is 20.1. The van der Waals surface area contributed by atoms with Gasteiger partial charge in [0, 0.05) is 16.5 Å². The summed E-state index contributed by atoms with van der Waals surface area (Å²) >= 11 is 1.48. The monoisotopic (exact) mass is 532 g/mol. The number of carbonyl (C=O) groups is 1. The zero-order valence-corrected chi connectivity index (χ0v) is 20.9. The third kappa shape index (κ3) is 4.57. The van der Waals surface area contributed by atoms with Crippen molar-refractivity contribution in [1.82, 2.24) is 9.55 Å². The Labute approximate surface area is 215 Å². The first-order valence-corrected chi connectivity index (χ1v) is 12.9. The number of esters is 1. The maximum Gasteiger partial charge on any atom is 0.433 e. The summed E-state index contributed by atoms with van der Waals surface area (Å²) in [4.78, 5) is 17.3. The Morgan fingerprint density at radius 2 is 1.97 bits per heavy atom. The van der Waals surface area contributed by atoms with Crippen molar-refractivity contribution in [3.63, 3.8) is 0 Å². The fraction of sp³-hybridized carbons (Fsp3) is 0.333. The Kier molecular flexibility index (Phi) is 6.66. The van der Waals surface area contributed by atoms with Crippen LogP contribution in [0.1, 0.15) is 35.6 Å². The largest absolute Gasteiger partial charge is 0.469 e. The van der Waals surface area contributed by atoms with Crippen molar-refractivity contribution in [2.75, 3.05) is 20.0 Å². The molecule has 5 rings (SSSR count). The molecule has 10 heteroatoms. The van der Waals surface area contributed by atoms with E-state index >= 15 is 0 Å². The van der Waals surface area contributed by atoms with Gasteiger partial charge in [0.2, 0.25) is 0 Å². The number of halogens is 4. The lowest BCUT2D eigenvalue weighted by molar-refractivity contribution is -0.146. The molecule has 1 aliphatic carbocycles. The number of methoxy groups -OCH3 is 1. The van der Waals surface area contributed by atoms with Crippen LogP contribution in [0.5, 0.6) is 0 Å². The van der Waals surface area contributed by atoms with E-state index in [-0.39, 0.29) is 18.4 Å². The van der Waals surface area contributed by atoms with Crippen LogP contribution < -0.4 is 0 Å². The summed E-state index contributed by atoms with van der Waals surface area (Å²) < 4.78 is 66.7. The molecule has 1 saturated carbocycles. The molecule has 2 heterocycles.